The normalized spacial score (nSPS) is 17.6. The van der Waals surface area contributed by atoms with Gasteiger partial charge in [-0.05, 0) is 119 Å². The van der Waals surface area contributed by atoms with E-state index in [0.29, 0.717) is 26.1 Å². The molecule has 1 aromatic heterocycles. The number of anilines is 1. The molecule has 1 atom stereocenters. The van der Waals surface area contributed by atoms with Crippen LogP contribution in [0.3, 0.4) is 0 Å². The van der Waals surface area contributed by atoms with E-state index in [0.717, 1.165) is 74.2 Å². The van der Waals surface area contributed by atoms with Crippen molar-refractivity contribution in [1.29, 1.82) is 0 Å². The van der Waals surface area contributed by atoms with Gasteiger partial charge in [0.2, 0.25) is 5.91 Å². The molecule has 1 aliphatic carbocycles. The average Bonchev–Trinajstić information content (AvgIpc) is 3.37. The Morgan fingerprint density at radius 3 is 2.52 bits per heavy atom. The van der Waals surface area contributed by atoms with E-state index in [2.05, 4.69) is 77.4 Å². The van der Waals surface area contributed by atoms with Crippen LogP contribution < -0.4 is 5.32 Å². The third kappa shape index (κ3) is 7.14. The lowest BCUT2D eigenvalue weighted by atomic mass is 9.87. The number of nitrogens with zero attached hydrogens (tertiary/aromatic N) is 5. The number of urea groups is 1. The van der Waals surface area contributed by atoms with Crippen molar-refractivity contribution in [1.82, 2.24) is 24.3 Å². The molecular formula is C40H50N6O2. The minimum atomic E-state index is -0.0292. The molecule has 1 unspecified atom stereocenters. The Bertz CT molecular complexity index is 1750. The van der Waals surface area contributed by atoms with Gasteiger partial charge in [0, 0.05) is 50.2 Å². The number of aryl methyl sites for hydroxylation is 3. The van der Waals surface area contributed by atoms with E-state index in [1.807, 2.05) is 28.0 Å². The van der Waals surface area contributed by atoms with Gasteiger partial charge in [-0.25, -0.2) is 9.78 Å². The van der Waals surface area contributed by atoms with Crippen molar-refractivity contribution >= 4 is 28.7 Å². The van der Waals surface area contributed by atoms with E-state index in [4.69, 9.17) is 4.98 Å². The van der Waals surface area contributed by atoms with Gasteiger partial charge in [0.1, 0.15) is 5.82 Å². The fraction of sp³-hybridized carbons (Fsp3) is 0.475. The monoisotopic (exact) mass is 646 g/mol. The summed E-state index contributed by atoms with van der Waals surface area (Å²) in [4.78, 5) is 38.9. The molecule has 1 saturated heterocycles. The van der Waals surface area contributed by atoms with Crippen LogP contribution in [-0.4, -0.2) is 82.5 Å². The smallest absolute Gasteiger partial charge is 0.322 e. The Balaban J connectivity index is 1.09. The van der Waals surface area contributed by atoms with Gasteiger partial charge in [0.25, 0.3) is 0 Å². The van der Waals surface area contributed by atoms with Crippen LogP contribution in [-0.2, 0) is 37.0 Å². The highest BCUT2D eigenvalue weighted by molar-refractivity contribution is 5.91. The first kappa shape index (κ1) is 32.4. The largest absolute Gasteiger partial charge is 0.343 e. The van der Waals surface area contributed by atoms with Crippen molar-refractivity contribution in [3.63, 3.8) is 0 Å². The number of likely N-dealkylation sites (tertiary alicyclic amines) is 1. The molecule has 7 rings (SSSR count). The molecule has 3 amide bonds. The van der Waals surface area contributed by atoms with Gasteiger partial charge in [0.05, 0.1) is 11.0 Å². The van der Waals surface area contributed by atoms with Gasteiger partial charge in [0.15, 0.2) is 0 Å². The maximum Gasteiger partial charge on any atom is 0.322 e. The highest BCUT2D eigenvalue weighted by Gasteiger charge is 2.33. The summed E-state index contributed by atoms with van der Waals surface area (Å²) in [5, 5.41) is 3.12. The third-order valence-electron chi connectivity index (χ3n) is 10.8. The molecule has 252 valence electrons. The number of imidazole rings is 1. The second-order valence-corrected chi connectivity index (χ2v) is 14.3. The molecule has 3 aliphatic rings. The summed E-state index contributed by atoms with van der Waals surface area (Å²) in [5.41, 5.74) is 8.50. The van der Waals surface area contributed by atoms with Gasteiger partial charge in [-0.2, -0.15) is 0 Å². The van der Waals surface area contributed by atoms with E-state index in [9.17, 15) is 9.59 Å². The van der Waals surface area contributed by atoms with Crippen molar-refractivity contribution in [2.24, 2.45) is 0 Å². The van der Waals surface area contributed by atoms with Crippen molar-refractivity contribution in [3.8, 4) is 0 Å². The summed E-state index contributed by atoms with van der Waals surface area (Å²) in [7, 11) is 4.23. The van der Waals surface area contributed by atoms with Crippen LogP contribution in [0.25, 0.3) is 11.0 Å². The summed E-state index contributed by atoms with van der Waals surface area (Å²) in [6.07, 6.45) is 9.51. The molecule has 1 N–H and O–H groups in total. The topological polar surface area (TPSA) is 73.7 Å². The number of benzene rings is 3. The molecule has 3 aromatic carbocycles. The van der Waals surface area contributed by atoms with Gasteiger partial charge in [-0.1, -0.05) is 48.5 Å². The van der Waals surface area contributed by atoms with Gasteiger partial charge < -0.3 is 24.6 Å². The minimum absolute atomic E-state index is 0.0250. The number of rotatable bonds is 10. The van der Waals surface area contributed by atoms with Crippen LogP contribution in [0.5, 0.6) is 0 Å². The van der Waals surface area contributed by atoms with Crippen molar-refractivity contribution < 1.29 is 9.59 Å². The molecule has 2 aliphatic heterocycles. The zero-order valence-electron chi connectivity index (χ0n) is 28.7. The Hall–Kier alpha value is -4.17. The van der Waals surface area contributed by atoms with Crippen LogP contribution in [0.15, 0.2) is 66.7 Å². The zero-order valence-corrected chi connectivity index (χ0v) is 28.7. The first-order valence-corrected chi connectivity index (χ1v) is 18.1. The molecule has 8 heteroatoms. The lowest BCUT2D eigenvalue weighted by Crippen LogP contribution is -2.50. The van der Waals surface area contributed by atoms with Gasteiger partial charge in [-0.3, -0.25) is 4.79 Å². The highest BCUT2D eigenvalue weighted by atomic mass is 16.2. The Morgan fingerprint density at radius 2 is 1.69 bits per heavy atom. The number of carbonyl (C=O) groups is 2. The SMILES string of the molecule is CN(C)CCCn1c(C(CC(=O)N2CCC(N3CCc4ccccc4NC3=O)CC2)Cc2ccc3c(c2)CCCC3)nc2ccccc21. The average molecular weight is 647 g/mol. The van der Waals surface area contributed by atoms with E-state index in [1.54, 1.807) is 0 Å². The van der Waals surface area contributed by atoms with Crippen molar-refractivity contribution in [3.05, 3.63) is 94.8 Å². The first-order valence-electron chi connectivity index (χ1n) is 18.1. The van der Waals surface area contributed by atoms with Gasteiger partial charge >= 0.3 is 6.03 Å². The van der Waals surface area contributed by atoms with Crippen LogP contribution in [0, 0.1) is 0 Å². The minimum Gasteiger partial charge on any atom is -0.343 e. The zero-order chi connectivity index (χ0) is 33.0. The summed E-state index contributed by atoms with van der Waals surface area (Å²) >= 11 is 0. The van der Waals surface area contributed by atoms with E-state index in [-0.39, 0.29) is 23.9 Å². The van der Waals surface area contributed by atoms with Crippen LogP contribution in [0.1, 0.15) is 72.5 Å². The van der Waals surface area contributed by atoms with E-state index in [1.165, 1.54) is 41.5 Å². The number of piperidine rings is 1. The molecule has 1 fully saturated rings. The summed E-state index contributed by atoms with van der Waals surface area (Å²) in [6.45, 7) is 3.91. The third-order valence-corrected chi connectivity index (χ3v) is 10.8. The second kappa shape index (κ2) is 14.5. The molecule has 8 nitrogen and oxygen atoms in total. The van der Waals surface area contributed by atoms with Crippen molar-refractivity contribution in [2.45, 2.75) is 82.7 Å². The fourth-order valence-corrected chi connectivity index (χ4v) is 8.14. The maximum atomic E-state index is 14.2. The molecule has 0 radical (unpaired) electrons. The predicted molar refractivity (Wildman–Crippen MR) is 193 cm³/mol. The summed E-state index contributed by atoms with van der Waals surface area (Å²) in [6, 6.07) is 23.6. The number of hydrogen-bond acceptors (Lipinski definition) is 4. The lowest BCUT2D eigenvalue weighted by molar-refractivity contribution is -0.133. The molecule has 3 heterocycles. The summed E-state index contributed by atoms with van der Waals surface area (Å²) in [5.74, 6) is 1.19. The van der Waals surface area contributed by atoms with Gasteiger partial charge in [-0.15, -0.1) is 0 Å². The number of hydrogen-bond donors (Lipinski definition) is 1. The quantitative estimate of drug-likeness (QED) is 0.209. The van der Waals surface area contributed by atoms with Crippen LogP contribution in [0.4, 0.5) is 10.5 Å². The Kier molecular flexibility index (Phi) is 9.80. The first-order chi connectivity index (χ1) is 23.4. The molecule has 0 saturated carbocycles. The predicted octanol–water partition coefficient (Wildman–Crippen LogP) is 6.66. The van der Waals surface area contributed by atoms with E-state index < -0.39 is 0 Å². The Morgan fingerprint density at radius 1 is 0.917 bits per heavy atom. The van der Waals surface area contributed by atoms with Crippen molar-refractivity contribution in [2.75, 3.05) is 45.6 Å². The number of nitrogens with one attached hydrogen (secondary N) is 1. The Labute approximate surface area is 285 Å². The molecule has 0 spiro atoms. The molecular weight excluding hydrogens is 596 g/mol. The standard InChI is InChI=1S/C40H50N6O2/c1-43(2)21-9-22-46-37-15-8-7-14-36(37)41-39(46)33(27-29-16-17-30-10-3-4-12-32(30)26-29)28-38(47)44-23-19-34(20-24-44)45-25-18-31-11-5-6-13-35(31)42-40(45)48/h5-8,11,13-17,26,33-34H,3-4,9-10,12,18-25,27-28H2,1-2H3,(H,42,48). The summed E-state index contributed by atoms with van der Waals surface area (Å²) < 4.78 is 2.39. The highest BCUT2D eigenvalue weighted by Crippen LogP contribution is 2.32. The molecule has 0 bridgehead atoms. The number of aromatic nitrogens is 2. The molecule has 4 aromatic rings. The number of amides is 3. The number of para-hydroxylation sites is 3. The van der Waals surface area contributed by atoms with Crippen LogP contribution >= 0.6 is 0 Å². The lowest BCUT2D eigenvalue weighted by Gasteiger charge is -2.38. The van der Waals surface area contributed by atoms with E-state index >= 15 is 0 Å². The fourth-order valence-electron chi connectivity index (χ4n) is 8.14. The number of fused-ring (bicyclic) bond motifs is 3. The molecule has 48 heavy (non-hydrogen) atoms. The number of carbonyl (C=O) groups excluding carboxylic acids is 2. The van der Waals surface area contributed by atoms with Crippen LogP contribution in [0.2, 0.25) is 0 Å². The second-order valence-electron chi connectivity index (χ2n) is 14.3. The maximum absolute atomic E-state index is 14.2.